The molecule has 3 fully saturated rings. The molecule has 80 valence electrons. The van der Waals surface area contributed by atoms with Gasteiger partial charge in [0.05, 0.1) is 6.61 Å². The molecule has 0 aromatic rings. The number of hydrogen-bond donors (Lipinski definition) is 1. The van der Waals surface area contributed by atoms with Crippen LogP contribution in [0.25, 0.3) is 0 Å². The van der Waals surface area contributed by atoms with E-state index < -0.39 is 18.2 Å². The first kappa shape index (κ1) is 9.06. The minimum atomic E-state index is -0.614. The van der Waals surface area contributed by atoms with E-state index in [0.29, 0.717) is 6.61 Å². The lowest BCUT2D eigenvalue weighted by atomic mass is 10.1. The normalized spacial score (nSPS) is 54.6. The van der Waals surface area contributed by atoms with Crippen LogP contribution in [0.5, 0.6) is 0 Å². The van der Waals surface area contributed by atoms with E-state index >= 15 is 0 Å². The van der Waals surface area contributed by atoms with Crippen LogP contribution in [-0.2, 0) is 18.9 Å². The average Bonchev–Trinajstić information content (AvgIpc) is 2.63. The zero-order valence-corrected chi connectivity index (χ0v) is 8.17. The maximum Gasteiger partial charge on any atom is 0.190 e. The summed E-state index contributed by atoms with van der Waals surface area (Å²) >= 11 is 0. The lowest BCUT2D eigenvalue weighted by Crippen LogP contribution is -2.35. The Morgan fingerprint density at radius 2 is 1.93 bits per heavy atom. The molecule has 3 saturated heterocycles. The fourth-order valence-electron chi connectivity index (χ4n) is 2.31. The molecule has 1 N–H and O–H groups in total. The minimum absolute atomic E-state index is 0.184. The van der Waals surface area contributed by atoms with E-state index in [0.717, 1.165) is 0 Å². The molecule has 0 aliphatic carbocycles. The van der Waals surface area contributed by atoms with Crippen molar-refractivity contribution in [3.05, 3.63) is 0 Å². The lowest BCUT2D eigenvalue weighted by molar-refractivity contribution is -0.214. The van der Waals surface area contributed by atoms with Crippen molar-refractivity contribution >= 4 is 0 Å². The Labute approximate surface area is 81.9 Å². The van der Waals surface area contributed by atoms with Gasteiger partial charge in [0.2, 0.25) is 0 Å². The first-order valence-electron chi connectivity index (χ1n) is 4.88. The van der Waals surface area contributed by atoms with Gasteiger partial charge < -0.3 is 24.1 Å². The molecular formula is C9H14O5. The first-order valence-corrected chi connectivity index (χ1v) is 4.88. The van der Waals surface area contributed by atoms with Gasteiger partial charge in [-0.1, -0.05) is 0 Å². The molecular weight excluding hydrogens is 188 g/mol. The summed E-state index contributed by atoms with van der Waals surface area (Å²) in [6.45, 7) is 4.01. The third kappa shape index (κ3) is 1.14. The van der Waals surface area contributed by atoms with Gasteiger partial charge in [-0.2, -0.15) is 0 Å². The molecule has 3 aliphatic heterocycles. The summed E-state index contributed by atoms with van der Waals surface area (Å²) in [4.78, 5) is 0. The van der Waals surface area contributed by atoms with Crippen molar-refractivity contribution in [3.63, 3.8) is 0 Å². The predicted molar refractivity (Wildman–Crippen MR) is 44.4 cm³/mol. The molecule has 0 unspecified atom stereocenters. The van der Waals surface area contributed by atoms with Gasteiger partial charge in [-0.25, -0.2) is 0 Å². The van der Waals surface area contributed by atoms with Crippen LogP contribution in [0.15, 0.2) is 0 Å². The van der Waals surface area contributed by atoms with E-state index in [1.807, 2.05) is 13.8 Å². The third-order valence-electron chi connectivity index (χ3n) is 2.87. The second-order valence-electron chi connectivity index (χ2n) is 4.43. The van der Waals surface area contributed by atoms with Crippen LogP contribution >= 0.6 is 0 Å². The summed E-state index contributed by atoms with van der Waals surface area (Å²) in [5, 5.41) is 9.52. The SMILES string of the molecule is CC1(C)O[C@H]2O[C@H]3[C@H](OC[C@H]3O)[C@@H]2O1. The molecule has 5 heteroatoms. The number of aliphatic hydroxyl groups excluding tert-OH is 1. The summed E-state index contributed by atoms with van der Waals surface area (Å²) in [6, 6.07) is 0. The Hall–Kier alpha value is -0.200. The van der Waals surface area contributed by atoms with Crippen molar-refractivity contribution in [1.82, 2.24) is 0 Å². The zero-order valence-electron chi connectivity index (χ0n) is 8.17. The van der Waals surface area contributed by atoms with Gasteiger partial charge in [-0.05, 0) is 13.8 Å². The highest BCUT2D eigenvalue weighted by atomic mass is 16.8. The van der Waals surface area contributed by atoms with Crippen molar-refractivity contribution in [2.75, 3.05) is 6.61 Å². The van der Waals surface area contributed by atoms with Crippen molar-refractivity contribution in [1.29, 1.82) is 0 Å². The quantitative estimate of drug-likeness (QED) is 0.580. The molecule has 0 saturated carbocycles. The molecule has 3 rings (SSSR count). The Bertz CT molecular complexity index is 254. The van der Waals surface area contributed by atoms with Gasteiger partial charge in [-0.15, -0.1) is 0 Å². The van der Waals surface area contributed by atoms with Crippen LogP contribution in [0.2, 0.25) is 0 Å². The van der Waals surface area contributed by atoms with Crippen molar-refractivity contribution in [2.45, 2.75) is 50.3 Å². The van der Waals surface area contributed by atoms with E-state index in [4.69, 9.17) is 18.9 Å². The van der Waals surface area contributed by atoms with Gasteiger partial charge in [0.1, 0.15) is 24.4 Å². The minimum Gasteiger partial charge on any atom is -0.388 e. The molecule has 14 heavy (non-hydrogen) atoms. The Kier molecular flexibility index (Phi) is 1.73. The van der Waals surface area contributed by atoms with Crippen LogP contribution in [0.4, 0.5) is 0 Å². The van der Waals surface area contributed by atoms with Gasteiger partial charge >= 0.3 is 0 Å². The van der Waals surface area contributed by atoms with E-state index in [-0.39, 0.29) is 18.3 Å². The molecule has 5 atom stereocenters. The Balaban J connectivity index is 1.80. The highest BCUT2D eigenvalue weighted by Gasteiger charge is 2.59. The molecule has 3 heterocycles. The molecule has 0 aromatic carbocycles. The topological polar surface area (TPSA) is 57.2 Å². The third-order valence-corrected chi connectivity index (χ3v) is 2.87. The van der Waals surface area contributed by atoms with Crippen LogP contribution in [0.3, 0.4) is 0 Å². The summed E-state index contributed by atoms with van der Waals surface area (Å²) in [6.07, 6.45) is -1.62. The van der Waals surface area contributed by atoms with Crippen LogP contribution in [0, 0.1) is 0 Å². The van der Waals surface area contributed by atoms with E-state index in [2.05, 4.69) is 0 Å². The van der Waals surface area contributed by atoms with E-state index in [1.54, 1.807) is 0 Å². The fraction of sp³-hybridized carbons (Fsp3) is 1.00. The van der Waals surface area contributed by atoms with Gasteiger partial charge in [0, 0.05) is 0 Å². The summed E-state index contributed by atoms with van der Waals surface area (Å²) in [7, 11) is 0. The first-order chi connectivity index (χ1) is 6.57. The highest BCUT2D eigenvalue weighted by Crippen LogP contribution is 2.41. The van der Waals surface area contributed by atoms with Crippen molar-refractivity contribution in [2.24, 2.45) is 0 Å². The van der Waals surface area contributed by atoms with Crippen molar-refractivity contribution in [3.8, 4) is 0 Å². The molecule has 3 aliphatic rings. The second-order valence-corrected chi connectivity index (χ2v) is 4.43. The van der Waals surface area contributed by atoms with Gasteiger partial charge in [0.15, 0.2) is 12.1 Å². The number of rotatable bonds is 0. The summed E-state index contributed by atoms with van der Waals surface area (Å²) < 4.78 is 22.1. The highest BCUT2D eigenvalue weighted by molar-refractivity contribution is 5.00. The summed E-state index contributed by atoms with van der Waals surface area (Å²) in [5.74, 6) is -0.614. The maximum absolute atomic E-state index is 9.52. The van der Waals surface area contributed by atoms with Crippen LogP contribution < -0.4 is 0 Å². The molecule has 0 amide bonds. The maximum atomic E-state index is 9.52. The lowest BCUT2D eigenvalue weighted by Gasteiger charge is -2.21. The number of aliphatic hydroxyl groups is 1. The monoisotopic (exact) mass is 202 g/mol. The molecule has 0 spiro atoms. The predicted octanol–water partition coefficient (Wildman–Crippen LogP) is -0.378. The van der Waals surface area contributed by atoms with Gasteiger partial charge in [0.25, 0.3) is 0 Å². The molecule has 0 bridgehead atoms. The molecule has 0 aromatic heterocycles. The average molecular weight is 202 g/mol. The van der Waals surface area contributed by atoms with Crippen LogP contribution in [-0.4, -0.2) is 48.2 Å². The second kappa shape index (κ2) is 2.68. The number of fused-ring (bicyclic) bond motifs is 3. The largest absolute Gasteiger partial charge is 0.388 e. The van der Waals surface area contributed by atoms with Gasteiger partial charge in [-0.3, -0.25) is 0 Å². The van der Waals surface area contributed by atoms with E-state index in [9.17, 15) is 5.11 Å². The van der Waals surface area contributed by atoms with E-state index in [1.165, 1.54) is 0 Å². The van der Waals surface area contributed by atoms with Crippen molar-refractivity contribution < 1.29 is 24.1 Å². The molecule has 5 nitrogen and oxygen atoms in total. The fourth-order valence-corrected chi connectivity index (χ4v) is 2.31. The van der Waals surface area contributed by atoms with Crippen LogP contribution in [0.1, 0.15) is 13.8 Å². The zero-order chi connectivity index (χ0) is 9.92. The summed E-state index contributed by atoms with van der Waals surface area (Å²) in [5.41, 5.74) is 0. The Morgan fingerprint density at radius 1 is 1.14 bits per heavy atom. The standard InChI is InChI=1S/C9H14O5/c1-9(2)13-7-6-5(4(10)3-11-6)12-8(7)14-9/h4-8,10H,3H2,1-2H3/t4-,5-,6+,7+,8-/m1/s1. The Morgan fingerprint density at radius 3 is 2.71 bits per heavy atom. The molecule has 0 radical (unpaired) electrons. The number of ether oxygens (including phenoxy) is 4. The number of hydrogen-bond acceptors (Lipinski definition) is 5. The smallest absolute Gasteiger partial charge is 0.190 e.